The molecule has 1 saturated carbocycles. The van der Waals surface area contributed by atoms with Crippen molar-refractivity contribution < 1.29 is 34.8 Å². The van der Waals surface area contributed by atoms with Gasteiger partial charge >= 0.3 is 12.4 Å². The standard InChI is InChI=1S/C20H23F6N3O2S/c1-18(2,3)17-16(11-29(27-17)15-6-4-5-7-15)32(30,31)28-14-9-12(19(21,22)23)8-13(10-14)20(24,25)26/h8-11,15,28H,4-7H2,1-3H3. The van der Waals surface area contributed by atoms with Crippen LogP contribution in [-0.2, 0) is 27.8 Å². The highest BCUT2D eigenvalue weighted by atomic mass is 32.2. The molecular formula is C20H23F6N3O2S. The zero-order valence-corrected chi connectivity index (χ0v) is 18.4. The minimum Gasteiger partial charge on any atom is -0.279 e. The molecule has 0 saturated heterocycles. The monoisotopic (exact) mass is 483 g/mol. The first-order chi connectivity index (χ1) is 14.5. The number of benzene rings is 1. The summed E-state index contributed by atoms with van der Waals surface area (Å²) in [6.45, 7) is 5.16. The van der Waals surface area contributed by atoms with E-state index >= 15 is 0 Å². The summed E-state index contributed by atoms with van der Waals surface area (Å²) in [5.41, 5.74) is -4.61. The lowest BCUT2D eigenvalue weighted by molar-refractivity contribution is -0.143. The van der Waals surface area contributed by atoms with Crippen molar-refractivity contribution in [3.05, 3.63) is 41.2 Å². The molecule has 5 nitrogen and oxygen atoms in total. The maximum absolute atomic E-state index is 13.1. The Morgan fingerprint density at radius 2 is 1.44 bits per heavy atom. The average Bonchev–Trinajstić information content (AvgIpc) is 3.29. The van der Waals surface area contributed by atoms with E-state index in [1.807, 2.05) is 4.72 Å². The number of nitrogens with zero attached hydrogens (tertiary/aromatic N) is 2. The van der Waals surface area contributed by atoms with Crippen LogP contribution in [0.5, 0.6) is 0 Å². The molecule has 178 valence electrons. The summed E-state index contributed by atoms with van der Waals surface area (Å²) in [6, 6.07) is 0.609. The molecule has 1 aromatic heterocycles. The van der Waals surface area contributed by atoms with Crippen LogP contribution in [0.1, 0.15) is 69.3 Å². The number of hydrogen-bond acceptors (Lipinski definition) is 3. The van der Waals surface area contributed by atoms with Crippen molar-refractivity contribution in [2.45, 2.75) is 75.2 Å². The maximum atomic E-state index is 13.1. The van der Waals surface area contributed by atoms with E-state index in [-0.39, 0.29) is 22.7 Å². The van der Waals surface area contributed by atoms with Crippen LogP contribution >= 0.6 is 0 Å². The largest absolute Gasteiger partial charge is 0.416 e. The number of alkyl halides is 6. The van der Waals surface area contributed by atoms with Crippen LogP contribution in [0.3, 0.4) is 0 Å². The summed E-state index contributed by atoms with van der Waals surface area (Å²) in [4.78, 5) is -0.275. The number of halogens is 6. The Kier molecular flexibility index (Phi) is 6.07. The van der Waals surface area contributed by atoms with Crippen molar-refractivity contribution in [1.29, 1.82) is 0 Å². The lowest BCUT2D eigenvalue weighted by Crippen LogP contribution is -2.21. The van der Waals surface area contributed by atoms with Gasteiger partial charge in [-0.05, 0) is 31.0 Å². The van der Waals surface area contributed by atoms with Crippen molar-refractivity contribution in [2.75, 3.05) is 4.72 Å². The van der Waals surface area contributed by atoms with Crippen LogP contribution in [0.15, 0.2) is 29.3 Å². The number of nitrogens with one attached hydrogen (secondary N) is 1. The van der Waals surface area contributed by atoms with E-state index in [2.05, 4.69) is 5.10 Å². The zero-order valence-electron chi connectivity index (χ0n) is 17.6. The number of hydrogen-bond donors (Lipinski definition) is 1. The van der Waals surface area contributed by atoms with Gasteiger partial charge in [0.15, 0.2) is 0 Å². The van der Waals surface area contributed by atoms with Gasteiger partial charge in [-0.25, -0.2) is 8.42 Å². The van der Waals surface area contributed by atoms with Gasteiger partial charge in [-0.2, -0.15) is 31.4 Å². The molecule has 1 fully saturated rings. The highest BCUT2D eigenvalue weighted by Gasteiger charge is 2.38. The number of rotatable bonds is 4. The Bertz CT molecular complexity index is 1060. The molecule has 0 atom stereocenters. The fourth-order valence-corrected chi connectivity index (χ4v) is 5.06. The molecule has 0 spiro atoms. The quantitative estimate of drug-likeness (QED) is 0.532. The lowest BCUT2D eigenvalue weighted by atomic mass is 9.92. The molecule has 0 amide bonds. The molecular weight excluding hydrogens is 460 g/mol. The molecule has 1 aliphatic carbocycles. The summed E-state index contributed by atoms with van der Waals surface area (Å²) in [7, 11) is -4.53. The van der Waals surface area contributed by atoms with Gasteiger partial charge in [0.2, 0.25) is 0 Å². The Labute approximate surface area is 181 Å². The molecule has 3 rings (SSSR count). The predicted molar refractivity (Wildman–Crippen MR) is 106 cm³/mol. The summed E-state index contributed by atoms with van der Waals surface area (Å²) in [6.07, 6.45) is -5.35. The Morgan fingerprint density at radius 1 is 0.938 bits per heavy atom. The van der Waals surface area contributed by atoms with Gasteiger partial charge in [0.1, 0.15) is 4.90 Å². The van der Waals surface area contributed by atoms with Crippen LogP contribution in [0.25, 0.3) is 0 Å². The van der Waals surface area contributed by atoms with Gasteiger partial charge in [0, 0.05) is 11.6 Å². The van der Waals surface area contributed by atoms with E-state index in [1.54, 1.807) is 20.8 Å². The Hall–Kier alpha value is -2.24. The topological polar surface area (TPSA) is 64.0 Å². The van der Waals surface area contributed by atoms with E-state index in [0.29, 0.717) is 12.1 Å². The van der Waals surface area contributed by atoms with Crippen LogP contribution in [0.4, 0.5) is 32.0 Å². The summed E-state index contributed by atoms with van der Waals surface area (Å²) >= 11 is 0. The molecule has 1 aliphatic rings. The van der Waals surface area contributed by atoms with Crippen LogP contribution in [-0.4, -0.2) is 18.2 Å². The molecule has 12 heteroatoms. The third-order valence-electron chi connectivity index (χ3n) is 5.24. The van der Waals surface area contributed by atoms with Crippen LogP contribution in [0, 0.1) is 0 Å². The second kappa shape index (κ2) is 7.96. The molecule has 1 aromatic carbocycles. The Morgan fingerprint density at radius 3 is 1.88 bits per heavy atom. The van der Waals surface area contributed by atoms with Crippen LogP contribution < -0.4 is 4.72 Å². The van der Waals surface area contributed by atoms with Crippen LogP contribution in [0.2, 0.25) is 0 Å². The first-order valence-corrected chi connectivity index (χ1v) is 11.4. The maximum Gasteiger partial charge on any atom is 0.416 e. The summed E-state index contributed by atoms with van der Waals surface area (Å²) < 4.78 is 108. The minimum absolute atomic E-state index is 0.00885. The molecule has 0 bridgehead atoms. The number of aromatic nitrogens is 2. The number of sulfonamides is 1. The van der Waals surface area contributed by atoms with E-state index in [9.17, 15) is 34.8 Å². The summed E-state index contributed by atoms with van der Waals surface area (Å²) in [5.74, 6) is 0. The first-order valence-electron chi connectivity index (χ1n) is 9.90. The predicted octanol–water partition coefficient (Wildman–Crippen LogP) is 6.13. The Balaban J connectivity index is 2.08. The number of anilines is 1. The first kappa shape index (κ1) is 24.4. The normalized spacial score (nSPS) is 16.5. The van der Waals surface area contributed by atoms with E-state index in [0.717, 1.165) is 25.7 Å². The molecule has 0 aliphatic heterocycles. The highest BCUT2D eigenvalue weighted by Crippen LogP contribution is 2.39. The SMILES string of the molecule is CC(C)(C)c1nn(C2CCCC2)cc1S(=O)(=O)Nc1cc(C(F)(F)F)cc(C(F)(F)F)c1. The van der Waals surface area contributed by atoms with Gasteiger partial charge < -0.3 is 0 Å². The minimum atomic E-state index is -5.09. The average molecular weight is 483 g/mol. The van der Waals surface area contributed by atoms with Crippen molar-refractivity contribution in [3.8, 4) is 0 Å². The smallest absolute Gasteiger partial charge is 0.279 e. The van der Waals surface area contributed by atoms with Crippen molar-refractivity contribution in [3.63, 3.8) is 0 Å². The highest BCUT2D eigenvalue weighted by molar-refractivity contribution is 7.92. The van der Waals surface area contributed by atoms with Crippen molar-refractivity contribution in [2.24, 2.45) is 0 Å². The second-order valence-electron chi connectivity index (χ2n) is 8.91. The third-order valence-corrected chi connectivity index (χ3v) is 6.62. The molecule has 0 radical (unpaired) electrons. The van der Waals surface area contributed by atoms with Crippen molar-refractivity contribution in [1.82, 2.24) is 9.78 Å². The second-order valence-corrected chi connectivity index (χ2v) is 10.6. The van der Waals surface area contributed by atoms with Gasteiger partial charge in [-0.3, -0.25) is 9.40 Å². The van der Waals surface area contributed by atoms with Gasteiger partial charge in [-0.15, -0.1) is 0 Å². The molecule has 2 aromatic rings. The van der Waals surface area contributed by atoms with Gasteiger partial charge in [-0.1, -0.05) is 33.6 Å². The molecule has 0 unspecified atom stereocenters. The van der Waals surface area contributed by atoms with E-state index in [1.165, 1.54) is 10.9 Å². The lowest BCUT2D eigenvalue weighted by Gasteiger charge is -2.19. The third kappa shape index (κ3) is 5.21. The van der Waals surface area contributed by atoms with Crippen molar-refractivity contribution >= 4 is 15.7 Å². The molecule has 32 heavy (non-hydrogen) atoms. The van der Waals surface area contributed by atoms with E-state index < -0.39 is 44.6 Å². The summed E-state index contributed by atoms with van der Waals surface area (Å²) in [5, 5.41) is 4.42. The van der Waals surface area contributed by atoms with Gasteiger partial charge in [0.25, 0.3) is 10.0 Å². The van der Waals surface area contributed by atoms with Gasteiger partial charge in [0.05, 0.1) is 28.6 Å². The fraction of sp³-hybridized carbons (Fsp3) is 0.550. The molecule has 1 heterocycles. The van der Waals surface area contributed by atoms with E-state index in [4.69, 9.17) is 0 Å². The molecule has 1 N–H and O–H groups in total. The fourth-order valence-electron chi connectivity index (χ4n) is 3.67. The zero-order chi connectivity index (χ0) is 24.1.